The van der Waals surface area contributed by atoms with Crippen LogP contribution in [0.5, 0.6) is 17.2 Å². The smallest absolute Gasteiger partial charge is 0.172 e. The predicted octanol–water partition coefficient (Wildman–Crippen LogP) is 8.43. The summed E-state index contributed by atoms with van der Waals surface area (Å²) in [5.41, 5.74) is 0.803. The fourth-order valence-corrected chi connectivity index (χ4v) is 7.38. The third-order valence-electron chi connectivity index (χ3n) is 9.19. The fourth-order valence-electron chi connectivity index (χ4n) is 7.38. The zero-order chi connectivity index (χ0) is 34.3. The van der Waals surface area contributed by atoms with Crippen molar-refractivity contribution in [2.45, 2.75) is 107 Å². The zero-order valence-corrected chi connectivity index (χ0v) is 29.6. The number of aliphatic hydroxyl groups excluding tert-OH is 2. The van der Waals surface area contributed by atoms with Crippen LogP contribution < -0.4 is 14.2 Å². The van der Waals surface area contributed by atoms with Crippen molar-refractivity contribution in [3.63, 3.8) is 0 Å². The van der Waals surface area contributed by atoms with Crippen LogP contribution in [0, 0.1) is 28.6 Å². The molecule has 8 heteroatoms. The van der Waals surface area contributed by atoms with Crippen molar-refractivity contribution < 1.29 is 38.8 Å². The van der Waals surface area contributed by atoms with Crippen molar-refractivity contribution in [1.29, 1.82) is 0 Å². The van der Waals surface area contributed by atoms with E-state index >= 15 is 0 Å². The van der Waals surface area contributed by atoms with Gasteiger partial charge >= 0.3 is 0 Å². The molecule has 0 aliphatic heterocycles. The Labute approximate surface area is 269 Å². The van der Waals surface area contributed by atoms with E-state index in [-0.39, 0.29) is 81.8 Å². The van der Waals surface area contributed by atoms with Crippen LogP contribution in [-0.2, 0) is 9.59 Å². The molecule has 0 bridgehead atoms. The lowest BCUT2D eigenvalue weighted by Gasteiger charge is -2.38. The van der Waals surface area contributed by atoms with Gasteiger partial charge in [0.25, 0.3) is 0 Å². The van der Waals surface area contributed by atoms with E-state index < -0.39 is 28.6 Å². The number of benzene rings is 1. The summed E-state index contributed by atoms with van der Waals surface area (Å²) in [7, 11) is 4.43. The third-order valence-corrected chi connectivity index (χ3v) is 9.19. The number of methoxy groups -OCH3 is 3. The van der Waals surface area contributed by atoms with Crippen LogP contribution in [0.15, 0.2) is 22.7 Å². The summed E-state index contributed by atoms with van der Waals surface area (Å²) in [6, 6.07) is 0. The third kappa shape index (κ3) is 6.80. The average molecular weight is 627 g/mol. The topological polar surface area (TPSA) is 119 Å². The first kappa shape index (κ1) is 36.2. The molecule has 1 aromatic carbocycles. The number of aliphatic hydroxyl groups is 2. The molecule has 250 valence electrons. The van der Waals surface area contributed by atoms with Crippen molar-refractivity contribution in [2.75, 3.05) is 21.3 Å². The predicted molar refractivity (Wildman–Crippen MR) is 176 cm³/mol. The minimum atomic E-state index is -0.710. The lowest BCUT2D eigenvalue weighted by Crippen LogP contribution is -2.32. The number of ether oxygens (including phenoxy) is 3. The van der Waals surface area contributed by atoms with Crippen molar-refractivity contribution >= 4 is 17.3 Å². The molecule has 2 atom stereocenters. The molecule has 0 heterocycles. The normalized spacial score (nSPS) is 19.8. The molecule has 45 heavy (non-hydrogen) atoms. The SMILES string of the molecule is COc1c(C(=O)C(C)C)c(OC)c(C(C2=C(O)CC(C)(C)CC2=O)C(C)C)c(OC)c1C(C1=C(O)CC(C)(C)CC1=O)C(C)C. The Morgan fingerprint density at radius 3 is 1.20 bits per heavy atom. The van der Waals surface area contributed by atoms with E-state index in [1.807, 2.05) is 55.4 Å². The Morgan fingerprint density at radius 2 is 0.956 bits per heavy atom. The molecule has 0 saturated carbocycles. The molecule has 0 saturated heterocycles. The minimum absolute atomic E-state index is 0.0126. The Bertz CT molecular complexity index is 1330. The number of ketones is 3. The van der Waals surface area contributed by atoms with Gasteiger partial charge in [-0.2, -0.15) is 0 Å². The van der Waals surface area contributed by atoms with Gasteiger partial charge in [-0.1, -0.05) is 69.2 Å². The highest BCUT2D eigenvalue weighted by atomic mass is 16.5. The van der Waals surface area contributed by atoms with Crippen LogP contribution in [0.1, 0.15) is 128 Å². The second kappa shape index (κ2) is 13.2. The molecular formula is C37H54O8. The van der Waals surface area contributed by atoms with Gasteiger partial charge in [-0.05, 0) is 22.7 Å². The monoisotopic (exact) mass is 626 g/mol. The summed E-state index contributed by atoms with van der Waals surface area (Å²) >= 11 is 0. The average Bonchev–Trinajstić information content (AvgIpc) is 2.89. The first-order chi connectivity index (χ1) is 20.7. The molecule has 8 nitrogen and oxygen atoms in total. The van der Waals surface area contributed by atoms with E-state index in [4.69, 9.17) is 14.2 Å². The van der Waals surface area contributed by atoms with Crippen molar-refractivity contribution in [3.8, 4) is 17.2 Å². The molecule has 2 N–H and O–H groups in total. The van der Waals surface area contributed by atoms with Gasteiger partial charge in [-0.15, -0.1) is 0 Å². The summed E-state index contributed by atoms with van der Waals surface area (Å²) < 4.78 is 18.3. The van der Waals surface area contributed by atoms with E-state index in [0.717, 1.165) is 0 Å². The Morgan fingerprint density at radius 1 is 0.622 bits per heavy atom. The van der Waals surface area contributed by atoms with Gasteiger partial charge in [0.1, 0.15) is 34.3 Å². The Kier molecular flexibility index (Phi) is 10.6. The molecule has 3 rings (SSSR count). The molecule has 0 aromatic heterocycles. The molecule has 0 fully saturated rings. The number of allylic oxidation sites excluding steroid dienone is 4. The summed E-state index contributed by atoms with van der Waals surface area (Å²) in [5.74, 6) is -2.20. The molecule has 1 aromatic rings. The highest BCUT2D eigenvalue weighted by Crippen LogP contribution is 2.57. The maximum absolute atomic E-state index is 14.1. The largest absolute Gasteiger partial charge is 0.512 e. The van der Waals surface area contributed by atoms with Gasteiger partial charge in [0.2, 0.25) is 0 Å². The van der Waals surface area contributed by atoms with Gasteiger partial charge < -0.3 is 24.4 Å². The summed E-state index contributed by atoms with van der Waals surface area (Å²) in [6.07, 6.45) is 1.15. The first-order valence-corrected chi connectivity index (χ1v) is 16.0. The van der Waals surface area contributed by atoms with Crippen molar-refractivity contribution in [3.05, 3.63) is 39.4 Å². The summed E-state index contributed by atoms with van der Waals surface area (Å²) in [6.45, 7) is 19.2. The van der Waals surface area contributed by atoms with Crippen LogP contribution >= 0.6 is 0 Å². The lowest BCUT2D eigenvalue weighted by molar-refractivity contribution is -0.119. The van der Waals surface area contributed by atoms with Crippen molar-refractivity contribution in [2.24, 2.45) is 28.6 Å². The summed E-state index contributed by atoms with van der Waals surface area (Å²) in [4.78, 5) is 41.8. The van der Waals surface area contributed by atoms with Crippen LogP contribution in [-0.4, -0.2) is 48.9 Å². The zero-order valence-electron chi connectivity index (χ0n) is 29.6. The molecule has 0 spiro atoms. The second-order valence-corrected chi connectivity index (χ2v) is 15.4. The molecule has 0 radical (unpaired) electrons. The van der Waals surface area contributed by atoms with Crippen LogP contribution in [0.3, 0.4) is 0 Å². The van der Waals surface area contributed by atoms with E-state index in [1.165, 1.54) is 21.3 Å². The number of hydrogen-bond donors (Lipinski definition) is 2. The molecule has 2 aliphatic carbocycles. The van der Waals surface area contributed by atoms with Gasteiger partial charge in [-0.25, -0.2) is 0 Å². The quantitative estimate of drug-likeness (QED) is 0.235. The number of Topliss-reactive ketones (excluding diaryl/α,β-unsaturated/α-hetero) is 3. The minimum Gasteiger partial charge on any atom is -0.512 e. The number of carbonyl (C=O) groups is 3. The maximum atomic E-state index is 14.1. The van der Waals surface area contributed by atoms with E-state index in [9.17, 15) is 24.6 Å². The standard InChI is InChI=1S/C37H54O8/c1-18(2)25(27-21(38)14-36(7,8)15-22(27)39)29-33(43-11)30(35(45-13)31(34(29)44-12)32(42)20(5)6)26(19(3)4)28-23(40)16-37(9,10)17-24(28)41/h18-20,25-26,38,40H,14-17H2,1-13H3. The number of carbonyl (C=O) groups excluding carboxylic acids is 3. The lowest BCUT2D eigenvalue weighted by atomic mass is 9.67. The van der Waals surface area contributed by atoms with Gasteiger partial charge in [0, 0.05) is 65.7 Å². The second-order valence-electron chi connectivity index (χ2n) is 15.4. The molecule has 2 unspecified atom stereocenters. The van der Waals surface area contributed by atoms with E-state index in [2.05, 4.69) is 0 Å². The Balaban J connectivity index is 2.65. The summed E-state index contributed by atoms with van der Waals surface area (Å²) in [5, 5.41) is 22.9. The molecule has 2 aliphatic rings. The van der Waals surface area contributed by atoms with E-state index in [0.29, 0.717) is 29.7 Å². The van der Waals surface area contributed by atoms with Crippen LogP contribution in [0.4, 0.5) is 0 Å². The van der Waals surface area contributed by atoms with Gasteiger partial charge in [0.15, 0.2) is 17.3 Å². The van der Waals surface area contributed by atoms with Gasteiger partial charge in [-0.3, -0.25) is 14.4 Å². The highest BCUT2D eigenvalue weighted by Gasteiger charge is 2.46. The van der Waals surface area contributed by atoms with E-state index in [1.54, 1.807) is 13.8 Å². The van der Waals surface area contributed by atoms with Crippen LogP contribution in [0.25, 0.3) is 0 Å². The van der Waals surface area contributed by atoms with Crippen molar-refractivity contribution in [1.82, 2.24) is 0 Å². The molecule has 0 amide bonds. The Hall–Kier alpha value is -3.29. The number of rotatable bonds is 11. The van der Waals surface area contributed by atoms with Crippen LogP contribution in [0.2, 0.25) is 0 Å². The highest BCUT2D eigenvalue weighted by molar-refractivity contribution is 6.06. The fraction of sp³-hybridized carbons (Fsp3) is 0.649. The maximum Gasteiger partial charge on any atom is 0.172 e. The van der Waals surface area contributed by atoms with Gasteiger partial charge in [0.05, 0.1) is 21.3 Å². The first-order valence-electron chi connectivity index (χ1n) is 16.0. The molecular weight excluding hydrogens is 572 g/mol. The number of hydrogen-bond acceptors (Lipinski definition) is 8.